The Bertz CT molecular complexity index is 1190. The van der Waals surface area contributed by atoms with Gasteiger partial charge in [0.05, 0.1) is 25.7 Å². The number of aromatic nitrogens is 1. The maximum atomic E-state index is 10.9. The Hall–Kier alpha value is -2.05. The number of hydrogen-bond donors (Lipinski definition) is 0. The predicted octanol–water partition coefficient (Wildman–Crippen LogP) is 7.88. The maximum absolute atomic E-state index is 10.9. The first kappa shape index (κ1) is 21.2. The first-order valence-corrected chi connectivity index (χ1v) is 12.3. The van der Waals surface area contributed by atoms with Crippen molar-refractivity contribution in [1.29, 1.82) is 0 Å². The van der Waals surface area contributed by atoms with Crippen LogP contribution in [0.4, 0.5) is 10.8 Å². The molecule has 0 unspecified atom stereocenters. The molecule has 0 fully saturated rings. The molecule has 0 spiro atoms. The van der Waals surface area contributed by atoms with Crippen molar-refractivity contribution in [3.63, 3.8) is 0 Å². The lowest BCUT2D eigenvalue weighted by molar-refractivity contribution is -0.384. The summed E-state index contributed by atoms with van der Waals surface area (Å²) in [6.07, 6.45) is 1.75. The van der Waals surface area contributed by atoms with Crippen LogP contribution in [-0.2, 0) is 0 Å². The van der Waals surface area contributed by atoms with Gasteiger partial charge in [-0.3, -0.25) is 10.1 Å². The van der Waals surface area contributed by atoms with Crippen molar-refractivity contribution in [2.75, 3.05) is 0 Å². The van der Waals surface area contributed by atoms with Crippen LogP contribution in [0.25, 0.3) is 16.1 Å². The Morgan fingerprint density at radius 3 is 2.50 bits per heavy atom. The third-order valence-electron chi connectivity index (χ3n) is 3.85. The minimum absolute atomic E-state index is 0.00711. The van der Waals surface area contributed by atoms with E-state index in [1.54, 1.807) is 18.3 Å². The van der Waals surface area contributed by atoms with Gasteiger partial charge in [0.15, 0.2) is 5.17 Å². The molecular formula is C18H9BrClN5O2S3. The summed E-state index contributed by atoms with van der Waals surface area (Å²) >= 11 is 11.0. The van der Waals surface area contributed by atoms with Crippen LogP contribution in [0, 0.1) is 10.1 Å². The third-order valence-corrected chi connectivity index (χ3v) is 7.63. The number of hydrogen-bond acceptors (Lipinski definition) is 9. The third kappa shape index (κ3) is 4.81. The highest BCUT2D eigenvalue weighted by molar-refractivity contribution is 9.10. The van der Waals surface area contributed by atoms with Gasteiger partial charge in [0.2, 0.25) is 5.13 Å². The quantitative estimate of drug-likeness (QED) is 0.108. The summed E-state index contributed by atoms with van der Waals surface area (Å²) in [7, 11) is 2.59. The average molecular weight is 539 g/mol. The SMILES string of the molecule is O=[N+]([O-])c1ccc(/C(N=Nc2ncc(-c3ccc(Br)cc3)s2)=C2\SSN=C2Cl)cc1. The van der Waals surface area contributed by atoms with Gasteiger partial charge in [0, 0.05) is 28.4 Å². The molecule has 150 valence electrons. The molecule has 0 atom stereocenters. The Kier molecular flexibility index (Phi) is 6.64. The molecule has 12 heteroatoms. The van der Waals surface area contributed by atoms with Gasteiger partial charge in [-0.05, 0) is 40.6 Å². The van der Waals surface area contributed by atoms with Crippen molar-refractivity contribution in [3.8, 4) is 10.4 Å². The van der Waals surface area contributed by atoms with Gasteiger partial charge < -0.3 is 0 Å². The highest BCUT2D eigenvalue weighted by atomic mass is 79.9. The molecule has 0 aliphatic carbocycles. The number of halogens is 2. The van der Waals surface area contributed by atoms with Crippen molar-refractivity contribution in [2.45, 2.75) is 0 Å². The summed E-state index contributed by atoms with van der Waals surface area (Å²) in [4.78, 5) is 16.4. The first-order chi connectivity index (χ1) is 14.5. The summed E-state index contributed by atoms with van der Waals surface area (Å²) in [5.41, 5.74) is 2.15. The number of allylic oxidation sites excluding steroid dienone is 1. The Balaban J connectivity index is 1.66. The fourth-order valence-corrected chi connectivity index (χ4v) is 5.72. The van der Waals surface area contributed by atoms with Crippen LogP contribution in [0.15, 0.2) is 78.7 Å². The van der Waals surface area contributed by atoms with Gasteiger partial charge in [0.1, 0.15) is 5.70 Å². The minimum Gasteiger partial charge on any atom is -0.258 e. The summed E-state index contributed by atoms with van der Waals surface area (Å²) in [6.45, 7) is 0. The molecule has 2 aromatic carbocycles. The molecule has 1 aliphatic rings. The molecular weight excluding hydrogens is 530 g/mol. The molecule has 30 heavy (non-hydrogen) atoms. The largest absolute Gasteiger partial charge is 0.269 e. The molecule has 0 saturated heterocycles. The van der Waals surface area contributed by atoms with E-state index in [-0.39, 0.29) is 5.69 Å². The van der Waals surface area contributed by atoms with Gasteiger partial charge in [-0.1, -0.05) is 51.0 Å². The van der Waals surface area contributed by atoms with E-state index in [0.717, 1.165) is 14.9 Å². The van der Waals surface area contributed by atoms with E-state index in [2.05, 4.69) is 35.5 Å². The standard InChI is InChI=1S/C18H9BrClN5O2S3/c19-12-5-1-10(2-6-12)14-9-21-18(28-14)23-22-15(16-17(20)24-30-29-16)11-3-7-13(8-4-11)25(26)27/h1-9H/b16-15+,23-22?. The lowest BCUT2D eigenvalue weighted by Crippen LogP contribution is -1.92. The van der Waals surface area contributed by atoms with Crippen LogP contribution < -0.4 is 0 Å². The summed E-state index contributed by atoms with van der Waals surface area (Å²) in [6, 6.07) is 14.0. The fraction of sp³-hybridized carbons (Fsp3) is 0. The fourth-order valence-electron chi connectivity index (χ4n) is 2.43. The topological polar surface area (TPSA) is 93.1 Å². The van der Waals surface area contributed by atoms with E-state index < -0.39 is 4.92 Å². The minimum atomic E-state index is -0.452. The molecule has 3 aromatic rings. The van der Waals surface area contributed by atoms with Crippen LogP contribution in [0.1, 0.15) is 5.56 Å². The lowest BCUT2D eigenvalue weighted by Gasteiger charge is -2.04. The van der Waals surface area contributed by atoms with Crippen molar-refractivity contribution in [2.24, 2.45) is 14.6 Å². The molecule has 0 bridgehead atoms. The van der Waals surface area contributed by atoms with Gasteiger partial charge >= 0.3 is 0 Å². The van der Waals surface area contributed by atoms with Crippen molar-refractivity contribution < 1.29 is 4.92 Å². The monoisotopic (exact) mass is 537 g/mol. The van der Waals surface area contributed by atoms with E-state index in [4.69, 9.17) is 11.6 Å². The van der Waals surface area contributed by atoms with Gasteiger partial charge in [-0.15, -0.1) is 10.2 Å². The number of benzene rings is 2. The zero-order chi connectivity index (χ0) is 21.1. The summed E-state index contributed by atoms with van der Waals surface area (Å²) < 4.78 is 5.09. The molecule has 0 saturated carbocycles. The number of azo groups is 1. The number of non-ortho nitro benzene ring substituents is 1. The van der Waals surface area contributed by atoms with Gasteiger partial charge in [0.25, 0.3) is 5.69 Å². The number of rotatable bonds is 5. The maximum Gasteiger partial charge on any atom is 0.269 e. The van der Waals surface area contributed by atoms with Crippen LogP contribution in [0.2, 0.25) is 0 Å². The highest BCUT2D eigenvalue weighted by Gasteiger charge is 2.21. The van der Waals surface area contributed by atoms with Crippen molar-refractivity contribution in [1.82, 2.24) is 4.98 Å². The molecule has 2 heterocycles. The van der Waals surface area contributed by atoms with E-state index in [1.165, 1.54) is 45.2 Å². The van der Waals surface area contributed by atoms with Gasteiger partial charge in [-0.2, -0.15) is 4.40 Å². The number of thiazole rings is 1. The Morgan fingerprint density at radius 2 is 1.87 bits per heavy atom. The predicted molar refractivity (Wildman–Crippen MR) is 128 cm³/mol. The zero-order valence-corrected chi connectivity index (χ0v) is 19.5. The van der Waals surface area contributed by atoms with E-state index >= 15 is 0 Å². The molecule has 0 N–H and O–H groups in total. The molecule has 4 rings (SSSR count). The summed E-state index contributed by atoms with van der Waals surface area (Å²) in [5.74, 6) is 0. The van der Waals surface area contributed by atoms with Gasteiger partial charge in [-0.25, -0.2) is 4.98 Å². The molecule has 0 radical (unpaired) electrons. The second kappa shape index (κ2) is 9.40. The second-order valence-electron chi connectivity index (χ2n) is 5.74. The van der Waals surface area contributed by atoms with Crippen LogP contribution in [0.5, 0.6) is 0 Å². The Labute approximate surface area is 196 Å². The lowest BCUT2D eigenvalue weighted by atomic mass is 10.1. The zero-order valence-electron chi connectivity index (χ0n) is 14.7. The normalized spacial score (nSPS) is 15.5. The van der Waals surface area contributed by atoms with Crippen LogP contribution >= 0.6 is 60.6 Å². The molecule has 7 nitrogen and oxygen atoms in total. The number of nitrogens with zero attached hydrogens (tertiary/aromatic N) is 5. The van der Waals surface area contributed by atoms with E-state index in [1.807, 2.05) is 24.3 Å². The first-order valence-electron chi connectivity index (χ1n) is 8.21. The average Bonchev–Trinajstić information content (AvgIpc) is 3.39. The number of nitro benzene ring substituents is 1. The van der Waals surface area contributed by atoms with E-state index in [9.17, 15) is 10.1 Å². The molecule has 0 amide bonds. The van der Waals surface area contributed by atoms with E-state index in [0.29, 0.717) is 26.5 Å². The molecule has 1 aliphatic heterocycles. The summed E-state index contributed by atoms with van der Waals surface area (Å²) in [5, 5.41) is 20.4. The van der Waals surface area contributed by atoms with Crippen LogP contribution in [-0.4, -0.2) is 15.1 Å². The molecule has 1 aromatic heterocycles. The second-order valence-corrected chi connectivity index (χ2v) is 9.87. The highest BCUT2D eigenvalue weighted by Crippen LogP contribution is 2.45. The smallest absolute Gasteiger partial charge is 0.258 e. The van der Waals surface area contributed by atoms with Crippen molar-refractivity contribution in [3.05, 3.63) is 79.8 Å². The number of nitro groups is 1. The van der Waals surface area contributed by atoms with Crippen LogP contribution in [0.3, 0.4) is 0 Å². The Morgan fingerprint density at radius 1 is 1.13 bits per heavy atom. The van der Waals surface area contributed by atoms with Crippen molar-refractivity contribution >= 4 is 82.3 Å².